The Bertz CT molecular complexity index is 1420. The number of ether oxygens (including phenoxy) is 1. The summed E-state index contributed by atoms with van der Waals surface area (Å²) in [6.45, 7) is 12.3. The van der Waals surface area contributed by atoms with Crippen LogP contribution in [0.15, 0.2) is 54.2 Å². The van der Waals surface area contributed by atoms with E-state index in [1.54, 1.807) is 43.0 Å². The largest absolute Gasteiger partial charge is 0.457 e. The van der Waals surface area contributed by atoms with Gasteiger partial charge in [-0.25, -0.2) is 4.39 Å². The van der Waals surface area contributed by atoms with E-state index in [1.807, 2.05) is 32.9 Å². The zero-order chi connectivity index (χ0) is 32.9. The second kappa shape index (κ2) is 14.5. The molecule has 2 aromatic carbocycles. The van der Waals surface area contributed by atoms with Crippen molar-refractivity contribution in [3.05, 3.63) is 76.8 Å². The van der Waals surface area contributed by atoms with E-state index < -0.39 is 17.3 Å². The topological polar surface area (TPSA) is 134 Å². The van der Waals surface area contributed by atoms with Crippen molar-refractivity contribution in [2.75, 3.05) is 26.2 Å². The molecular formula is C35H48FN5O4. The molecule has 0 aromatic heterocycles. The van der Waals surface area contributed by atoms with Crippen LogP contribution in [0, 0.1) is 17.7 Å². The number of nitrogens with two attached hydrogens (primary N) is 2. The third-order valence-electron chi connectivity index (χ3n) is 8.23. The number of aliphatic hydroxyl groups is 1. The number of allylic oxidation sites excluding steroid dienone is 3. The lowest BCUT2D eigenvalue weighted by atomic mass is 10.0. The molecule has 45 heavy (non-hydrogen) atoms. The number of β-amino-alcohol motifs (C(OH)–C–C–N with tert-alkyl or cyclic N) is 1. The summed E-state index contributed by atoms with van der Waals surface area (Å²) in [6, 6.07) is 9.74. The molecule has 2 amide bonds. The first-order valence-corrected chi connectivity index (χ1v) is 15.8. The fourth-order valence-electron chi connectivity index (χ4n) is 5.68. The van der Waals surface area contributed by atoms with E-state index in [-0.39, 0.29) is 35.9 Å². The highest BCUT2D eigenvalue weighted by molar-refractivity contribution is 5.95. The molecule has 0 saturated carbocycles. The number of piperidine rings is 1. The zero-order valence-electron chi connectivity index (χ0n) is 27.1. The summed E-state index contributed by atoms with van der Waals surface area (Å²) in [4.78, 5) is 29.7. The number of rotatable bonds is 11. The summed E-state index contributed by atoms with van der Waals surface area (Å²) in [5, 5.41) is 13.1. The van der Waals surface area contributed by atoms with E-state index in [1.165, 1.54) is 12.1 Å². The van der Waals surface area contributed by atoms with Gasteiger partial charge in [-0.2, -0.15) is 0 Å². The Morgan fingerprint density at radius 3 is 2.40 bits per heavy atom. The third kappa shape index (κ3) is 9.55. The van der Waals surface area contributed by atoms with Crippen LogP contribution < -0.4 is 21.5 Å². The van der Waals surface area contributed by atoms with E-state index in [9.17, 15) is 14.7 Å². The van der Waals surface area contributed by atoms with Crippen LogP contribution in [0.4, 0.5) is 4.39 Å². The van der Waals surface area contributed by atoms with Crippen molar-refractivity contribution >= 4 is 17.5 Å². The standard InChI is InChI=1S/C35H48FN5O4/c1-22(2)30(37)10-11-31(38)24-6-8-27(9-7-24)45-32-18-28(29(36)17-25(32)20-41-19-23(3)16-33(41)42)34(43)39-26-12-14-40(15-13-26)21-35(4,5)44/h6-11,17-18,22-23,26,44H,12-16,19-21,37-38H2,1-5H3,(H,39,43)/b30-10-,31-11-/t23-/m0/s1. The second-order valence-electron chi connectivity index (χ2n) is 13.4. The van der Waals surface area contributed by atoms with Gasteiger partial charge in [0.2, 0.25) is 5.91 Å². The van der Waals surface area contributed by atoms with Crippen LogP contribution in [0.3, 0.4) is 0 Å². The van der Waals surface area contributed by atoms with E-state index >= 15 is 4.39 Å². The predicted molar refractivity (Wildman–Crippen MR) is 175 cm³/mol. The maximum absolute atomic E-state index is 15.5. The van der Waals surface area contributed by atoms with Gasteiger partial charge in [0.15, 0.2) is 0 Å². The third-order valence-corrected chi connectivity index (χ3v) is 8.23. The molecule has 2 heterocycles. The quantitative estimate of drug-likeness (QED) is 0.266. The van der Waals surface area contributed by atoms with Crippen molar-refractivity contribution < 1.29 is 23.8 Å². The number of carbonyl (C=O) groups excluding carboxylic acids is 2. The molecule has 0 unspecified atom stereocenters. The molecule has 1 atom stereocenters. The molecule has 0 radical (unpaired) electrons. The first kappa shape index (κ1) is 34.0. The highest BCUT2D eigenvalue weighted by Crippen LogP contribution is 2.32. The molecule has 244 valence electrons. The fourth-order valence-corrected chi connectivity index (χ4v) is 5.68. The highest BCUT2D eigenvalue weighted by atomic mass is 19.1. The highest BCUT2D eigenvalue weighted by Gasteiger charge is 2.29. The van der Waals surface area contributed by atoms with Crippen LogP contribution in [0.25, 0.3) is 5.70 Å². The van der Waals surface area contributed by atoms with Gasteiger partial charge in [0, 0.05) is 62.1 Å². The van der Waals surface area contributed by atoms with Gasteiger partial charge in [-0.3, -0.25) is 9.59 Å². The van der Waals surface area contributed by atoms with Crippen molar-refractivity contribution in [3.63, 3.8) is 0 Å². The second-order valence-corrected chi connectivity index (χ2v) is 13.4. The van der Waals surface area contributed by atoms with Crippen molar-refractivity contribution in [1.82, 2.24) is 15.1 Å². The Morgan fingerprint density at radius 1 is 1.16 bits per heavy atom. The maximum atomic E-state index is 15.5. The molecule has 6 N–H and O–H groups in total. The minimum absolute atomic E-state index is 0.00498. The lowest BCUT2D eigenvalue weighted by Crippen LogP contribution is -2.48. The van der Waals surface area contributed by atoms with Crippen LogP contribution >= 0.6 is 0 Å². The van der Waals surface area contributed by atoms with E-state index in [0.29, 0.717) is 55.1 Å². The van der Waals surface area contributed by atoms with Gasteiger partial charge in [-0.15, -0.1) is 0 Å². The summed E-state index contributed by atoms with van der Waals surface area (Å²) in [5.41, 5.74) is 13.9. The Morgan fingerprint density at radius 2 is 1.82 bits per heavy atom. The Hall–Kier alpha value is -3.89. The van der Waals surface area contributed by atoms with Crippen LogP contribution in [-0.4, -0.2) is 64.5 Å². The average molecular weight is 622 g/mol. The normalized spacial score (nSPS) is 19.0. The van der Waals surface area contributed by atoms with Crippen molar-refractivity contribution in [2.24, 2.45) is 23.3 Å². The van der Waals surface area contributed by atoms with Crippen molar-refractivity contribution in [3.8, 4) is 11.5 Å². The first-order valence-electron chi connectivity index (χ1n) is 15.8. The minimum atomic E-state index is -0.794. The van der Waals surface area contributed by atoms with Gasteiger partial charge < -0.3 is 36.4 Å². The summed E-state index contributed by atoms with van der Waals surface area (Å²) in [5.74, 6) is 0.0156. The van der Waals surface area contributed by atoms with Crippen LogP contribution in [0.1, 0.15) is 75.4 Å². The summed E-state index contributed by atoms with van der Waals surface area (Å²) >= 11 is 0. The van der Waals surface area contributed by atoms with Crippen LogP contribution in [0.2, 0.25) is 0 Å². The Balaban J connectivity index is 1.54. The molecule has 4 rings (SSSR count). The molecule has 0 bridgehead atoms. The number of benzene rings is 2. The minimum Gasteiger partial charge on any atom is -0.457 e. The van der Waals surface area contributed by atoms with E-state index in [2.05, 4.69) is 10.2 Å². The number of amides is 2. The SMILES string of the molecule is CC(C)/C(N)=C/C=C(\N)c1ccc(Oc2cc(C(=O)NC3CCN(CC(C)(C)O)CC3)c(F)cc2CN2C[C@@H](C)CC2=O)cc1. The monoisotopic (exact) mass is 621 g/mol. The smallest absolute Gasteiger partial charge is 0.254 e. The number of hydrogen-bond acceptors (Lipinski definition) is 7. The van der Waals surface area contributed by atoms with Crippen LogP contribution in [0.5, 0.6) is 11.5 Å². The van der Waals surface area contributed by atoms with Crippen LogP contribution in [-0.2, 0) is 11.3 Å². The molecule has 0 aliphatic carbocycles. The van der Waals surface area contributed by atoms with Gasteiger partial charge in [0.1, 0.15) is 17.3 Å². The molecule has 2 saturated heterocycles. The zero-order valence-corrected chi connectivity index (χ0v) is 27.1. The Labute approximate surface area is 266 Å². The summed E-state index contributed by atoms with van der Waals surface area (Å²) in [7, 11) is 0. The van der Waals surface area contributed by atoms with Gasteiger partial charge >= 0.3 is 0 Å². The molecular weight excluding hydrogens is 573 g/mol. The van der Waals surface area contributed by atoms with Gasteiger partial charge in [-0.1, -0.05) is 20.8 Å². The molecule has 0 spiro atoms. The summed E-state index contributed by atoms with van der Waals surface area (Å²) < 4.78 is 21.7. The molecule has 2 aromatic rings. The predicted octanol–water partition coefficient (Wildman–Crippen LogP) is 4.75. The molecule has 9 nitrogen and oxygen atoms in total. The number of nitrogens with zero attached hydrogens (tertiary/aromatic N) is 2. The maximum Gasteiger partial charge on any atom is 0.254 e. The molecule has 2 aliphatic rings. The number of nitrogens with one attached hydrogen (secondary N) is 1. The first-order chi connectivity index (χ1) is 21.2. The van der Waals surface area contributed by atoms with Crippen molar-refractivity contribution in [1.29, 1.82) is 0 Å². The lowest BCUT2D eigenvalue weighted by Gasteiger charge is -2.35. The Kier molecular flexibility index (Phi) is 10.9. The average Bonchev–Trinajstić information content (AvgIpc) is 3.29. The number of carbonyl (C=O) groups is 2. The number of halogens is 1. The number of likely N-dealkylation sites (tertiary alicyclic amines) is 2. The fraction of sp³-hybridized carbons (Fsp3) is 0.486. The molecule has 10 heteroatoms. The number of hydrogen-bond donors (Lipinski definition) is 4. The van der Waals surface area contributed by atoms with Gasteiger partial charge in [0.25, 0.3) is 5.91 Å². The van der Waals surface area contributed by atoms with Gasteiger partial charge in [-0.05, 0) is 92.6 Å². The molecule has 2 fully saturated rings. The lowest BCUT2D eigenvalue weighted by molar-refractivity contribution is -0.128. The van der Waals surface area contributed by atoms with Crippen molar-refractivity contribution in [2.45, 2.75) is 72.1 Å². The van der Waals surface area contributed by atoms with Gasteiger partial charge in [0.05, 0.1) is 11.2 Å². The summed E-state index contributed by atoms with van der Waals surface area (Å²) in [6.07, 6.45) is 5.40. The van der Waals surface area contributed by atoms with E-state index in [4.69, 9.17) is 16.2 Å². The molecule has 2 aliphatic heterocycles. The van der Waals surface area contributed by atoms with E-state index in [0.717, 1.165) is 24.4 Å².